The van der Waals surface area contributed by atoms with Gasteiger partial charge in [-0.25, -0.2) is 0 Å². The van der Waals surface area contributed by atoms with Gasteiger partial charge >= 0.3 is 0 Å². The van der Waals surface area contributed by atoms with Crippen LogP contribution < -0.4 is 0 Å². The fraction of sp³-hybridized carbons (Fsp3) is 1.00. The molecule has 0 radical (unpaired) electrons. The van der Waals surface area contributed by atoms with Crippen LogP contribution in [-0.2, 0) is 0 Å². The molecular weight excluding hydrogens is 186 g/mol. The average molecular weight is 211 g/mol. The van der Waals surface area contributed by atoms with E-state index in [0.717, 1.165) is 44.8 Å². The smallest absolute Gasteiger partial charge is 0.0674 e. The van der Waals surface area contributed by atoms with Crippen LogP contribution in [-0.4, -0.2) is 35.2 Å². The number of hydrogen-bond donors (Lipinski definition) is 1. The van der Waals surface area contributed by atoms with Gasteiger partial charge in [0.2, 0.25) is 0 Å². The van der Waals surface area contributed by atoms with Crippen molar-refractivity contribution in [1.29, 1.82) is 0 Å². The van der Waals surface area contributed by atoms with Crippen molar-refractivity contribution in [1.82, 2.24) is 4.90 Å². The Morgan fingerprint density at radius 1 is 1.20 bits per heavy atom. The zero-order chi connectivity index (χ0) is 10.7. The highest BCUT2D eigenvalue weighted by Gasteiger charge is 2.34. The van der Waals surface area contributed by atoms with Crippen LogP contribution in [0.4, 0.5) is 0 Å². The summed E-state index contributed by atoms with van der Waals surface area (Å²) in [5.74, 6) is 0.822. The molecule has 2 fully saturated rings. The van der Waals surface area contributed by atoms with Crippen LogP contribution in [0.25, 0.3) is 0 Å². The first-order valence-electron chi connectivity index (χ1n) is 6.66. The molecule has 1 N–H and O–H groups in total. The first-order chi connectivity index (χ1) is 7.22. The van der Waals surface area contributed by atoms with Gasteiger partial charge < -0.3 is 10.0 Å². The van der Waals surface area contributed by atoms with Gasteiger partial charge in [-0.1, -0.05) is 32.6 Å². The van der Waals surface area contributed by atoms with Gasteiger partial charge in [-0.15, -0.1) is 0 Å². The molecule has 15 heavy (non-hydrogen) atoms. The van der Waals surface area contributed by atoms with Crippen molar-refractivity contribution >= 4 is 0 Å². The van der Waals surface area contributed by atoms with Gasteiger partial charge in [0.15, 0.2) is 0 Å². The summed E-state index contributed by atoms with van der Waals surface area (Å²) in [7, 11) is 0. The number of nitrogens with zero attached hydrogens (tertiary/aromatic N) is 1. The van der Waals surface area contributed by atoms with Gasteiger partial charge in [-0.05, 0) is 31.7 Å². The van der Waals surface area contributed by atoms with Crippen molar-refractivity contribution in [2.45, 2.75) is 57.5 Å². The monoisotopic (exact) mass is 211 g/mol. The largest absolute Gasteiger partial charge is 0.390 e. The third-order valence-electron chi connectivity index (χ3n) is 4.38. The van der Waals surface area contributed by atoms with Gasteiger partial charge in [0.05, 0.1) is 5.60 Å². The van der Waals surface area contributed by atoms with Crippen LogP contribution in [0.2, 0.25) is 0 Å². The van der Waals surface area contributed by atoms with E-state index in [2.05, 4.69) is 11.8 Å². The minimum Gasteiger partial charge on any atom is -0.390 e. The van der Waals surface area contributed by atoms with E-state index in [4.69, 9.17) is 0 Å². The number of likely N-dealkylation sites (tertiary alicyclic amines) is 1. The number of hydrogen-bond acceptors (Lipinski definition) is 2. The van der Waals surface area contributed by atoms with Gasteiger partial charge in [0.1, 0.15) is 0 Å². The molecule has 0 bridgehead atoms. The van der Waals surface area contributed by atoms with Crippen LogP contribution in [0.3, 0.4) is 0 Å². The van der Waals surface area contributed by atoms with Crippen molar-refractivity contribution in [3.63, 3.8) is 0 Å². The first-order valence-corrected chi connectivity index (χ1v) is 6.66. The predicted molar refractivity (Wildman–Crippen MR) is 62.9 cm³/mol. The summed E-state index contributed by atoms with van der Waals surface area (Å²) in [6.07, 6.45) is 8.57. The zero-order valence-electron chi connectivity index (χ0n) is 10.0. The molecule has 1 heterocycles. The summed E-state index contributed by atoms with van der Waals surface area (Å²) in [6, 6.07) is 0. The maximum atomic E-state index is 10.5. The van der Waals surface area contributed by atoms with E-state index in [1.165, 1.54) is 25.7 Å². The third-order valence-corrected chi connectivity index (χ3v) is 4.38. The second kappa shape index (κ2) is 4.84. The molecule has 2 nitrogen and oxygen atoms in total. The highest BCUT2D eigenvalue weighted by molar-refractivity contribution is 4.88. The Hall–Kier alpha value is -0.0800. The van der Waals surface area contributed by atoms with E-state index >= 15 is 0 Å². The van der Waals surface area contributed by atoms with E-state index in [1.54, 1.807) is 0 Å². The second-order valence-corrected chi connectivity index (χ2v) is 5.51. The first kappa shape index (κ1) is 11.4. The fourth-order valence-electron chi connectivity index (χ4n) is 3.24. The second-order valence-electron chi connectivity index (χ2n) is 5.51. The summed E-state index contributed by atoms with van der Waals surface area (Å²) in [5.41, 5.74) is -0.319. The van der Waals surface area contributed by atoms with Crippen LogP contribution in [0.5, 0.6) is 0 Å². The Labute approximate surface area is 93.7 Å². The lowest BCUT2D eigenvalue weighted by molar-refractivity contribution is -0.0374. The zero-order valence-corrected chi connectivity index (χ0v) is 10.0. The molecule has 0 unspecified atom stereocenters. The molecule has 0 aromatic heterocycles. The van der Waals surface area contributed by atoms with Crippen molar-refractivity contribution in [2.24, 2.45) is 5.92 Å². The molecule has 1 saturated carbocycles. The molecule has 0 aromatic rings. The lowest BCUT2D eigenvalue weighted by Gasteiger charge is -2.39. The SMILES string of the molecule is CCN1CCC(O)(CC2CCCC2)CC1. The minimum atomic E-state index is -0.319. The Kier molecular flexibility index (Phi) is 3.68. The van der Waals surface area contributed by atoms with Gasteiger partial charge in [0.25, 0.3) is 0 Å². The quantitative estimate of drug-likeness (QED) is 0.775. The molecule has 2 rings (SSSR count). The Morgan fingerprint density at radius 2 is 1.80 bits per heavy atom. The van der Waals surface area contributed by atoms with Crippen molar-refractivity contribution in [2.75, 3.05) is 19.6 Å². The van der Waals surface area contributed by atoms with E-state index in [0.29, 0.717) is 0 Å². The molecule has 88 valence electrons. The normalized spacial score (nSPS) is 28.4. The Bertz CT molecular complexity index is 191. The van der Waals surface area contributed by atoms with Crippen molar-refractivity contribution < 1.29 is 5.11 Å². The topological polar surface area (TPSA) is 23.5 Å². The van der Waals surface area contributed by atoms with Gasteiger partial charge in [-0.3, -0.25) is 0 Å². The van der Waals surface area contributed by atoms with Crippen LogP contribution >= 0.6 is 0 Å². The standard InChI is InChI=1S/C13H25NO/c1-2-14-9-7-13(15,8-10-14)11-12-5-3-4-6-12/h12,15H,2-11H2,1H3. The summed E-state index contributed by atoms with van der Waals surface area (Å²) >= 11 is 0. The van der Waals surface area contributed by atoms with Gasteiger partial charge in [-0.2, -0.15) is 0 Å². The van der Waals surface area contributed by atoms with Crippen LogP contribution in [0.1, 0.15) is 51.9 Å². The molecule has 2 aliphatic rings. The summed E-state index contributed by atoms with van der Waals surface area (Å²) < 4.78 is 0. The Morgan fingerprint density at radius 3 is 2.33 bits per heavy atom. The average Bonchev–Trinajstić information content (AvgIpc) is 2.71. The molecule has 0 spiro atoms. The molecule has 0 amide bonds. The van der Waals surface area contributed by atoms with Crippen LogP contribution in [0.15, 0.2) is 0 Å². The van der Waals surface area contributed by atoms with E-state index in [-0.39, 0.29) is 5.60 Å². The Balaban J connectivity index is 1.80. The summed E-state index contributed by atoms with van der Waals surface area (Å²) in [4.78, 5) is 2.45. The number of rotatable bonds is 3. The van der Waals surface area contributed by atoms with E-state index in [9.17, 15) is 5.11 Å². The van der Waals surface area contributed by atoms with E-state index < -0.39 is 0 Å². The fourth-order valence-corrected chi connectivity index (χ4v) is 3.24. The summed E-state index contributed by atoms with van der Waals surface area (Å²) in [5, 5.41) is 10.5. The molecule has 2 heteroatoms. The lowest BCUT2D eigenvalue weighted by Crippen LogP contribution is -2.45. The molecular formula is C13H25NO. The van der Waals surface area contributed by atoms with Crippen LogP contribution in [0, 0.1) is 5.92 Å². The van der Waals surface area contributed by atoms with Crippen molar-refractivity contribution in [3.05, 3.63) is 0 Å². The maximum Gasteiger partial charge on any atom is 0.0674 e. The maximum absolute atomic E-state index is 10.5. The lowest BCUT2D eigenvalue weighted by atomic mass is 9.82. The molecule has 1 aliphatic carbocycles. The number of piperidine rings is 1. The predicted octanol–water partition coefficient (Wildman–Crippen LogP) is 2.41. The molecule has 0 aromatic carbocycles. The highest BCUT2D eigenvalue weighted by atomic mass is 16.3. The third kappa shape index (κ3) is 2.94. The molecule has 1 saturated heterocycles. The van der Waals surface area contributed by atoms with Gasteiger partial charge in [0, 0.05) is 13.1 Å². The summed E-state index contributed by atoms with van der Waals surface area (Å²) in [6.45, 7) is 5.54. The van der Waals surface area contributed by atoms with Crippen molar-refractivity contribution in [3.8, 4) is 0 Å². The van der Waals surface area contributed by atoms with E-state index in [1.807, 2.05) is 0 Å². The number of aliphatic hydroxyl groups is 1. The minimum absolute atomic E-state index is 0.319. The highest BCUT2D eigenvalue weighted by Crippen LogP contribution is 2.36. The molecule has 0 atom stereocenters. The molecule has 1 aliphatic heterocycles.